The molecule has 1 aliphatic heterocycles. The maximum absolute atomic E-state index is 13.7. The SMILES string of the molecule is CCCN(CCC)C(=O)[C@H]1CC(=O)N(Cc2ccccc2F)C1. The van der Waals surface area contributed by atoms with Gasteiger partial charge in [0.25, 0.3) is 0 Å². The summed E-state index contributed by atoms with van der Waals surface area (Å²) in [4.78, 5) is 28.2. The third-order valence-electron chi connectivity index (χ3n) is 4.18. The molecule has 2 rings (SSSR count). The van der Waals surface area contributed by atoms with Gasteiger partial charge in [-0.3, -0.25) is 9.59 Å². The molecule has 0 radical (unpaired) electrons. The van der Waals surface area contributed by atoms with Gasteiger partial charge in [0.2, 0.25) is 11.8 Å². The lowest BCUT2D eigenvalue weighted by Gasteiger charge is -2.24. The van der Waals surface area contributed by atoms with Crippen LogP contribution in [0.3, 0.4) is 0 Å². The van der Waals surface area contributed by atoms with Gasteiger partial charge in [-0.05, 0) is 18.9 Å². The van der Waals surface area contributed by atoms with Crippen molar-refractivity contribution in [1.82, 2.24) is 9.80 Å². The molecule has 1 heterocycles. The molecule has 4 nitrogen and oxygen atoms in total. The fourth-order valence-corrected chi connectivity index (χ4v) is 3.05. The summed E-state index contributed by atoms with van der Waals surface area (Å²) in [6, 6.07) is 6.46. The quantitative estimate of drug-likeness (QED) is 0.775. The molecule has 0 N–H and O–H groups in total. The van der Waals surface area contributed by atoms with Crippen LogP contribution in [0.1, 0.15) is 38.7 Å². The molecule has 1 aromatic carbocycles. The second-order valence-corrected chi connectivity index (χ2v) is 6.09. The van der Waals surface area contributed by atoms with Crippen molar-refractivity contribution >= 4 is 11.8 Å². The van der Waals surface area contributed by atoms with E-state index in [1.807, 2.05) is 18.7 Å². The third-order valence-corrected chi connectivity index (χ3v) is 4.18. The Labute approximate surface area is 137 Å². The number of benzene rings is 1. The predicted molar refractivity (Wildman–Crippen MR) is 87.1 cm³/mol. The average Bonchev–Trinajstić information content (AvgIpc) is 2.90. The number of likely N-dealkylation sites (tertiary alicyclic amines) is 1. The summed E-state index contributed by atoms with van der Waals surface area (Å²) in [5.41, 5.74) is 0.493. The molecule has 0 saturated carbocycles. The van der Waals surface area contributed by atoms with E-state index in [1.165, 1.54) is 6.07 Å². The van der Waals surface area contributed by atoms with Gasteiger partial charge in [0.15, 0.2) is 0 Å². The van der Waals surface area contributed by atoms with Crippen LogP contribution in [0.4, 0.5) is 4.39 Å². The van der Waals surface area contributed by atoms with Crippen LogP contribution in [0.25, 0.3) is 0 Å². The van der Waals surface area contributed by atoms with Gasteiger partial charge >= 0.3 is 0 Å². The minimum Gasteiger partial charge on any atom is -0.342 e. The first-order chi connectivity index (χ1) is 11.1. The second kappa shape index (κ2) is 8.09. The minimum absolute atomic E-state index is 0.0538. The highest BCUT2D eigenvalue weighted by atomic mass is 19.1. The Morgan fingerprint density at radius 2 is 1.91 bits per heavy atom. The number of hydrogen-bond donors (Lipinski definition) is 0. The molecule has 1 aromatic rings. The molecule has 1 atom stereocenters. The van der Waals surface area contributed by atoms with Crippen molar-refractivity contribution in [1.29, 1.82) is 0 Å². The summed E-state index contributed by atoms with van der Waals surface area (Å²) < 4.78 is 13.7. The number of nitrogens with zero attached hydrogens (tertiary/aromatic N) is 2. The van der Waals surface area contributed by atoms with Gasteiger partial charge in [-0.15, -0.1) is 0 Å². The number of amides is 2. The topological polar surface area (TPSA) is 40.6 Å². The molecule has 5 heteroatoms. The normalized spacial score (nSPS) is 17.6. The number of halogens is 1. The standard InChI is InChI=1S/C18H25FN2O2/c1-3-9-20(10-4-2)18(23)15-11-17(22)21(13-15)12-14-7-5-6-8-16(14)19/h5-8,15H,3-4,9-13H2,1-2H3/t15-/m0/s1. The smallest absolute Gasteiger partial charge is 0.227 e. The summed E-state index contributed by atoms with van der Waals surface area (Å²) in [7, 11) is 0. The fourth-order valence-electron chi connectivity index (χ4n) is 3.05. The van der Waals surface area contributed by atoms with E-state index >= 15 is 0 Å². The average molecular weight is 320 g/mol. The van der Waals surface area contributed by atoms with Crippen molar-refractivity contribution in [3.63, 3.8) is 0 Å². The number of rotatable bonds is 7. The van der Waals surface area contributed by atoms with E-state index in [1.54, 1.807) is 23.1 Å². The van der Waals surface area contributed by atoms with Crippen molar-refractivity contribution in [2.75, 3.05) is 19.6 Å². The van der Waals surface area contributed by atoms with Crippen molar-refractivity contribution in [3.8, 4) is 0 Å². The molecule has 2 amide bonds. The Balaban J connectivity index is 2.01. The van der Waals surface area contributed by atoms with E-state index in [0.717, 1.165) is 25.9 Å². The minimum atomic E-state index is -0.311. The Bertz CT molecular complexity index is 556. The molecule has 1 aliphatic rings. The van der Waals surface area contributed by atoms with E-state index in [4.69, 9.17) is 0 Å². The fraction of sp³-hybridized carbons (Fsp3) is 0.556. The van der Waals surface area contributed by atoms with Crippen molar-refractivity contribution in [2.24, 2.45) is 5.92 Å². The van der Waals surface area contributed by atoms with Gasteiger partial charge in [0.1, 0.15) is 5.82 Å². The van der Waals surface area contributed by atoms with E-state index in [2.05, 4.69) is 0 Å². The molecule has 0 aromatic heterocycles. The molecule has 0 spiro atoms. The molecule has 1 fully saturated rings. The highest BCUT2D eigenvalue weighted by Crippen LogP contribution is 2.23. The van der Waals surface area contributed by atoms with Gasteiger partial charge in [-0.2, -0.15) is 0 Å². The zero-order valence-electron chi connectivity index (χ0n) is 13.9. The summed E-state index contributed by atoms with van der Waals surface area (Å²) in [6.07, 6.45) is 2.05. The van der Waals surface area contributed by atoms with Gasteiger partial charge in [0.05, 0.1) is 5.92 Å². The highest BCUT2D eigenvalue weighted by Gasteiger charge is 2.36. The number of carbonyl (C=O) groups is 2. The lowest BCUT2D eigenvalue weighted by atomic mass is 10.1. The lowest BCUT2D eigenvalue weighted by Crippen LogP contribution is -2.38. The first-order valence-corrected chi connectivity index (χ1v) is 8.36. The van der Waals surface area contributed by atoms with Crippen LogP contribution in [0, 0.1) is 11.7 Å². The van der Waals surface area contributed by atoms with Gasteiger partial charge < -0.3 is 9.80 Å². The van der Waals surface area contributed by atoms with E-state index < -0.39 is 0 Å². The molecule has 126 valence electrons. The van der Waals surface area contributed by atoms with Crippen molar-refractivity contribution < 1.29 is 14.0 Å². The molecular formula is C18H25FN2O2. The predicted octanol–water partition coefficient (Wildman–Crippen LogP) is 2.82. The summed E-state index contributed by atoms with van der Waals surface area (Å²) in [5, 5.41) is 0. The maximum Gasteiger partial charge on any atom is 0.227 e. The van der Waals surface area contributed by atoms with Crippen LogP contribution < -0.4 is 0 Å². The van der Waals surface area contributed by atoms with Crippen LogP contribution in [-0.4, -0.2) is 41.2 Å². The van der Waals surface area contributed by atoms with Crippen molar-refractivity contribution in [2.45, 2.75) is 39.7 Å². The van der Waals surface area contributed by atoms with Crippen LogP contribution in [-0.2, 0) is 16.1 Å². The summed E-state index contributed by atoms with van der Waals surface area (Å²) >= 11 is 0. The first-order valence-electron chi connectivity index (χ1n) is 8.36. The Morgan fingerprint density at radius 3 is 2.52 bits per heavy atom. The highest BCUT2D eigenvalue weighted by molar-refractivity contribution is 5.89. The largest absolute Gasteiger partial charge is 0.342 e. The number of carbonyl (C=O) groups excluding carboxylic acids is 2. The Kier molecular flexibility index (Phi) is 6.13. The van der Waals surface area contributed by atoms with Gasteiger partial charge in [0, 0.05) is 38.2 Å². The molecule has 0 aliphatic carbocycles. The zero-order valence-corrected chi connectivity index (χ0v) is 13.9. The van der Waals surface area contributed by atoms with Crippen LogP contribution in [0.5, 0.6) is 0 Å². The first kappa shape index (κ1) is 17.4. The molecule has 23 heavy (non-hydrogen) atoms. The van der Waals surface area contributed by atoms with E-state index in [0.29, 0.717) is 12.1 Å². The maximum atomic E-state index is 13.7. The van der Waals surface area contributed by atoms with Gasteiger partial charge in [-0.25, -0.2) is 4.39 Å². The van der Waals surface area contributed by atoms with Crippen molar-refractivity contribution in [3.05, 3.63) is 35.6 Å². The van der Waals surface area contributed by atoms with E-state index in [9.17, 15) is 14.0 Å². The van der Waals surface area contributed by atoms with Crippen LogP contribution in [0.2, 0.25) is 0 Å². The number of hydrogen-bond acceptors (Lipinski definition) is 2. The Morgan fingerprint density at radius 1 is 1.26 bits per heavy atom. The van der Waals surface area contributed by atoms with E-state index in [-0.39, 0.29) is 36.5 Å². The monoisotopic (exact) mass is 320 g/mol. The van der Waals surface area contributed by atoms with Gasteiger partial charge in [-0.1, -0.05) is 32.0 Å². The molecule has 1 saturated heterocycles. The summed E-state index contributed by atoms with van der Waals surface area (Å²) in [5.74, 6) is -0.626. The third kappa shape index (κ3) is 4.30. The van der Waals surface area contributed by atoms with Crippen LogP contribution >= 0.6 is 0 Å². The molecular weight excluding hydrogens is 295 g/mol. The molecule has 0 bridgehead atoms. The van der Waals surface area contributed by atoms with Crippen LogP contribution in [0.15, 0.2) is 24.3 Å². The summed E-state index contributed by atoms with van der Waals surface area (Å²) in [6.45, 7) is 6.16. The Hall–Kier alpha value is -1.91. The lowest BCUT2D eigenvalue weighted by molar-refractivity contribution is -0.136. The zero-order chi connectivity index (χ0) is 16.8. The molecule has 0 unspecified atom stereocenters. The second-order valence-electron chi connectivity index (χ2n) is 6.09.